The van der Waals surface area contributed by atoms with E-state index in [-0.39, 0.29) is 11.8 Å². The van der Waals surface area contributed by atoms with Crippen LogP contribution >= 0.6 is 0 Å². The summed E-state index contributed by atoms with van der Waals surface area (Å²) in [6.45, 7) is 8.05. The number of nitrogens with zero attached hydrogens (tertiary/aromatic N) is 2. The summed E-state index contributed by atoms with van der Waals surface area (Å²) in [5.41, 5.74) is 0. The third-order valence-electron chi connectivity index (χ3n) is 7.89. The lowest BCUT2D eigenvalue weighted by Gasteiger charge is -2.27. The first-order valence-electron chi connectivity index (χ1n) is 16.5. The molecule has 0 saturated carbocycles. The highest BCUT2D eigenvalue weighted by Crippen LogP contribution is 2.19. The maximum atomic E-state index is 13.1. The number of amides is 2. The number of unbranched alkanes of at least 4 members (excludes halogenated alkanes) is 19. The molecule has 4 heteroatoms. The molecule has 0 fully saturated rings. The van der Waals surface area contributed by atoms with Crippen molar-refractivity contribution in [1.82, 2.24) is 9.80 Å². The summed E-state index contributed by atoms with van der Waals surface area (Å²) in [7, 11) is 3.72. The first-order valence-corrected chi connectivity index (χ1v) is 16.5. The maximum Gasteiger partial charge on any atom is 0.234 e. The van der Waals surface area contributed by atoms with Crippen molar-refractivity contribution in [3.8, 4) is 0 Å². The van der Waals surface area contributed by atoms with Gasteiger partial charge in [0.25, 0.3) is 0 Å². The molecule has 0 heterocycles. The van der Waals surface area contributed by atoms with Crippen LogP contribution in [0.5, 0.6) is 0 Å². The summed E-state index contributed by atoms with van der Waals surface area (Å²) in [5, 5.41) is 0. The van der Waals surface area contributed by atoms with Gasteiger partial charge in [-0.1, -0.05) is 149 Å². The highest BCUT2D eigenvalue weighted by atomic mass is 16.2. The molecule has 0 aromatic carbocycles. The second-order valence-electron chi connectivity index (χ2n) is 11.6. The van der Waals surface area contributed by atoms with Crippen LogP contribution in [0.1, 0.15) is 168 Å². The number of hydrogen-bond acceptors (Lipinski definition) is 2. The molecule has 0 aliphatic rings. The van der Waals surface area contributed by atoms with Crippen LogP contribution in [0.4, 0.5) is 0 Å². The largest absolute Gasteiger partial charge is 0.345 e. The van der Waals surface area contributed by atoms with Gasteiger partial charge in [-0.05, 0) is 19.3 Å². The first-order chi connectivity index (χ1) is 18.0. The fourth-order valence-electron chi connectivity index (χ4n) is 5.15. The van der Waals surface area contributed by atoms with Gasteiger partial charge in [0.1, 0.15) is 5.92 Å². The zero-order valence-corrected chi connectivity index (χ0v) is 26.0. The van der Waals surface area contributed by atoms with E-state index in [0.29, 0.717) is 6.42 Å². The summed E-state index contributed by atoms with van der Waals surface area (Å²) in [5.74, 6) is -0.452. The average molecular weight is 523 g/mol. The summed E-state index contributed by atoms with van der Waals surface area (Å²) in [4.78, 5) is 29.7. The Labute approximate surface area is 232 Å². The number of carbonyl (C=O) groups is 2. The molecule has 0 aliphatic heterocycles. The van der Waals surface area contributed by atoms with E-state index in [1.165, 1.54) is 103 Å². The third kappa shape index (κ3) is 20.6. The molecule has 0 aliphatic carbocycles. The van der Waals surface area contributed by atoms with Crippen LogP contribution in [0.2, 0.25) is 0 Å². The van der Waals surface area contributed by atoms with Crippen LogP contribution in [0, 0.1) is 5.92 Å². The molecule has 0 spiro atoms. The standard InChI is InChI=1S/C33H66N2O2/c1-6-9-12-13-14-15-16-17-18-19-20-21-22-23-24-25-26-27-28-31(32(36)34(4)29-10-7-2)33(37)35(5)30-11-8-3/h31H,6-30H2,1-5H3. The fourth-order valence-corrected chi connectivity index (χ4v) is 5.15. The third-order valence-corrected chi connectivity index (χ3v) is 7.89. The van der Waals surface area contributed by atoms with Gasteiger partial charge < -0.3 is 9.80 Å². The Bertz CT molecular complexity index is 496. The Balaban J connectivity index is 3.94. The average Bonchev–Trinajstić information content (AvgIpc) is 2.90. The normalized spacial score (nSPS) is 11.3. The van der Waals surface area contributed by atoms with E-state index in [4.69, 9.17) is 0 Å². The van der Waals surface area contributed by atoms with Gasteiger partial charge in [0.05, 0.1) is 0 Å². The lowest BCUT2D eigenvalue weighted by Crippen LogP contribution is -2.43. The van der Waals surface area contributed by atoms with Crippen molar-refractivity contribution in [3.63, 3.8) is 0 Å². The molecule has 220 valence electrons. The Morgan fingerprint density at radius 2 is 0.703 bits per heavy atom. The van der Waals surface area contributed by atoms with E-state index in [0.717, 1.165) is 51.6 Å². The Morgan fingerprint density at radius 3 is 1.00 bits per heavy atom. The van der Waals surface area contributed by atoms with E-state index in [1.807, 2.05) is 14.1 Å². The van der Waals surface area contributed by atoms with Crippen molar-refractivity contribution in [3.05, 3.63) is 0 Å². The van der Waals surface area contributed by atoms with Gasteiger partial charge in [-0.25, -0.2) is 0 Å². The maximum absolute atomic E-state index is 13.1. The zero-order valence-electron chi connectivity index (χ0n) is 26.0. The predicted molar refractivity (Wildman–Crippen MR) is 162 cm³/mol. The van der Waals surface area contributed by atoms with Crippen LogP contribution in [0.15, 0.2) is 0 Å². The summed E-state index contributed by atoms with van der Waals surface area (Å²) >= 11 is 0. The second-order valence-corrected chi connectivity index (χ2v) is 11.6. The molecule has 0 unspecified atom stereocenters. The minimum Gasteiger partial charge on any atom is -0.345 e. The van der Waals surface area contributed by atoms with Gasteiger partial charge in [-0.3, -0.25) is 9.59 Å². The van der Waals surface area contributed by atoms with Crippen LogP contribution in [-0.4, -0.2) is 48.8 Å². The molecule has 0 aromatic heterocycles. The van der Waals surface area contributed by atoms with E-state index in [9.17, 15) is 9.59 Å². The molecule has 2 amide bonds. The molecular weight excluding hydrogens is 456 g/mol. The highest BCUT2D eigenvalue weighted by Gasteiger charge is 2.30. The van der Waals surface area contributed by atoms with Crippen molar-refractivity contribution in [2.75, 3.05) is 27.2 Å². The summed E-state index contributed by atoms with van der Waals surface area (Å²) < 4.78 is 0. The lowest BCUT2D eigenvalue weighted by molar-refractivity contribution is -0.146. The van der Waals surface area contributed by atoms with Crippen molar-refractivity contribution in [2.45, 2.75) is 168 Å². The number of hydrogen-bond donors (Lipinski definition) is 0. The van der Waals surface area contributed by atoms with Crippen molar-refractivity contribution >= 4 is 11.8 Å². The van der Waals surface area contributed by atoms with Crippen LogP contribution in [0.3, 0.4) is 0 Å². The molecule has 0 N–H and O–H groups in total. The van der Waals surface area contributed by atoms with Gasteiger partial charge in [0, 0.05) is 27.2 Å². The van der Waals surface area contributed by atoms with Crippen LogP contribution in [-0.2, 0) is 9.59 Å². The molecule has 0 atom stereocenters. The monoisotopic (exact) mass is 523 g/mol. The Kier molecular flexibility index (Phi) is 25.8. The molecule has 0 aromatic rings. The van der Waals surface area contributed by atoms with Gasteiger partial charge in [-0.15, -0.1) is 0 Å². The van der Waals surface area contributed by atoms with Crippen LogP contribution in [0.25, 0.3) is 0 Å². The minimum atomic E-state index is -0.496. The summed E-state index contributed by atoms with van der Waals surface area (Å²) in [6.07, 6.45) is 29.1. The molecule has 0 rings (SSSR count). The van der Waals surface area contributed by atoms with Crippen molar-refractivity contribution in [2.24, 2.45) is 5.92 Å². The minimum absolute atomic E-state index is 0.0220. The van der Waals surface area contributed by atoms with Crippen molar-refractivity contribution in [1.29, 1.82) is 0 Å². The van der Waals surface area contributed by atoms with Gasteiger partial charge in [0.2, 0.25) is 11.8 Å². The smallest absolute Gasteiger partial charge is 0.234 e. The molecule has 37 heavy (non-hydrogen) atoms. The quantitative estimate of drug-likeness (QED) is 0.0796. The number of rotatable bonds is 27. The topological polar surface area (TPSA) is 40.6 Å². The number of carbonyl (C=O) groups excluding carboxylic acids is 2. The molecule has 0 bridgehead atoms. The predicted octanol–water partition coefficient (Wildman–Crippen LogP) is 9.55. The van der Waals surface area contributed by atoms with E-state index in [2.05, 4.69) is 20.8 Å². The van der Waals surface area contributed by atoms with Crippen molar-refractivity contribution < 1.29 is 9.59 Å². The van der Waals surface area contributed by atoms with Crippen LogP contribution < -0.4 is 0 Å². The summed E-state index contributed by atoms with van der Waals surface area (Å²) in [6, 6.07) is 0. The highest BCUT2D eigenvalue weighted by molar-refractivity contribution is 6.00. The lowest BCUT2D eigenvalue weighted by atomic mass is 9.96. The van der Waals surface area contributed by atoms with Gasteiger partial charge >= 0.3 is 0 Å². The Morgan fingerprint density at radius 1 is 0.432 bits per heavy atom. The SMILES string of the molecule is CCCCCCCCCCCCCCCCCCCCC(C(=O)N(C)CCCC)C(=O)N(C)CCCC. The Hall–Kier alpha value is -1.06. The van der Waals surface area contributed by atoms with Gasteiger partial charge in [-0.2, -0.15) is 0 Å². The molecule has 4 nitrogen and oxygen atoms in total. The van der Waals surface area contributed by atoms with E-state index >= 15 is 0 Å². The molecule has 0 radical (unpaired) electrons. The zero-order chi connectivity index (χ0) is 27.6. The fraction of sp³-hybridized carbons (Fsp3) is 0.939. The molecular formula is C33H66N2O2. The first kappa shape index (κ1) is 35.9. The second kappa shape index (κ2) is 26.5. The van der Waals surface area contributed by atoms with E-state index < -0.39 is 5.92 Å². The van der Waals surface area contributed by atoms with Gasteiger partial charge in [0.15, 0.2) is 0 Å². The molecule has 0 saturated heterocycles. The van der Waals surface area contributed by atoms with E-state index in [1.54, 1.807) is 9.80 Å².